The van der Waals surface area contributed by atoms with Crippen LogP contribution < -0.4 is 5.73 Å². The van der Waals surface area contributed by atoms with E-state index in [1.807, 2.05) is 13.0 Å². The number of rotatable bonds is 3. The van der Waals surface area contributed by atoms with E-state index in [1.54, 1.807) is 6.26 Å². The minimum Gasteiger partial charge on any atom is -0.464 e. The molecule has 1 heterocycles. The fraction of sp³-hybridized carbons (Fsp3) is 0.333. The Morgan fingerprint density at radius 3 is 3.00 bits per heavy atom. The summed E-state index contributed by atoms with van der Waals surface area (Å²) in [6, 6.07) is 1.88. The first-order valence-electron chi connectivity index (χ1n) is 3.86. The molecule has 0 fully saturated rings. The lowest BCUT2D eigenvalue weighted by molar-refractivity contribution is 0.551. The monoisotopic (exact) mass is 229 g/mol. The summed E-state index contributed by atoms with van der Waals surface area (Å²) in [4.78, 5) is 0. The molecule has 0 aliphatic rings. The summed E-state index contributed by atoms with van der Waals surface area (Å²) in [5.74, 6) is 0.892. The summed E-state index contributed by atoms with van der Waals surface area (Å²) in [5.41, 5.74) is 6.50. The van der Waals surface area contributed by atoms with Gasteiger partial charge in [0.2, 0.25) is 0 Å². The van der Waals surface area contributed by atoms with Crippen molar-refractivity contribution in [2.24, 2.45) is 5.73 Å². The van der Waals surface area contributed by atoms with E-state index in [2.05, 4.69) is 22.0 Å². The molecule has 66 valence electrons. The Morgan fingerprint density at radius 1 is 1.75 bits per heavy atom. The van der Waals surface area contributed by atoms with Crippen molar-refractivity contribution in [1.29, 1.82) is 0 Å². The van der Waals surface area contributed by atoms with Gasteiger partial charge in [-0.1, -0.05) is 6.08 Å². The minimum atomic E-state index is 0.676. The first-order chi connectivity index (χ1) is 5.75. The Morgan fingerprint density at radius 2 is 2.50 bits per heavy atom. The van der Waals surface area contributed by atoms with E-state index in [4.69, 9.17) is 10.2 Å². The van der Waals surface area contributed by atoms with Crippen LogP contribution in [0.2, 0.25) is 0 Å². The van der Waals surface area contributed by atoms with Crippen LogP contribution in [0, 0.1) is 0 Å². The van der Waals surface area contributed by atoms with E-state index >= 15 is 0 Å². The molecule has 0 saturated carbocycles. The fourth-order valence-corrected chi connectivity index (χ4v) is 1.48. The zero-order valence-electron chi connectivity index (χ0n) is 7.01. The van der Waals surface area contributed by atoms with Crippen LogP contribution in [-0.4, -0.2) is 6.54 Å². The molecule has 0 aliphatic heterocycles. The third-order valence-electron chi connectivity index (χ3n) is 1.59. The van der Waals surface area contributed by atoms with E-state index < -0.39 is 0 Å². The number of nitrogens with two attached hydrogens (primary N) is 1. The largest absolute Gasteiger partial charge is 0.464 e. The fourth-order valence-electron chi connectivity index (χ4n) is 0.968. The predicted octanol–water partition coefficient (Wildman–Crippen LogP) is 2.79. The maximum atomic E-state index is 5.38. The van der Waals surface area contributed by atoms with Gasteiger partial charge in [-0.25, -0.2) is 0 Å². The van der Waals surface area contributed by atoms with Gasteiger partial charge in [-0.15, -0.1) is 0 Å². The van der Waals surface area contributed by atoms with Crippen molar-refractivity contribution in [2.75, 3.05) is 6.54 Å². The van der Waals surface area contributed by atoms with Gasteiger partial charge >= 0.3 is 0 Å². The highest BCUT2D eigenvalue weighted by Crippen LogP contribution is 2.24. The Hall–Kier alpha value is -0.540. The Balaban J connectivity index is 2.77. The molecule has 2 N–H and O–H groups in total. The molecule has 0 bridgehead atoms. The van der Waals surface area contributed by atoms with Crippen molar-refractivity contribution < 1.29 is 4.42 Å². The molecule has 0 radical (unpaired) electrons. The van der Waals surface area contributed by atoms with Crippen LogP contribution in [0.15, 0.2) is 27.3 Å². The van der Waals surface area contributed by atoms with Crippen LogP contribution in [0.25, 0.3) is 5.57 Å². The topological polar surface area (TPSA) is 39.2 Å². The SMILES string of the molecule is CC(=CCCN)c1occc1Br. The van der Waals surface area contributed by atoms with Crippen molar-refractivity contribution in [3.8, 4) is 0 Å². The summed E-state index contributed by atoms with van der Waals surface area (Å²) in [6.07, 6.45) is 4.63. The molecule has 2 nitrogen and oxygen atoms in total. The van der Waals surface area contributed by atoms with E-state index in [0.29, 0.717) is 6.54 Å². The van der Waals surface area contributed by atoms with Crippen molar-refractivity contribution in [1.82, 2.24) is 0 Å². The lowest BCUT2D eigenvalue weighted by Crippen LogP contribution is -1.95. The quantitative estimate of drug-likeness (QED) is 0.867. The van der Waals surface area contributed by atoms with Gasteiger partial charge in [0.25, 0.3) is 0 Å². The molecule has 0 amide bonds. The molecule has 0 aromatic carbocycles. The second kappa shape index (κ2) is 4.48. The molecular formula is C9H12BrNO. The third-order valence-corrected chi connectivity index (χ3v) is 2.22. The average Bonchev–Trinajstić information content (AvgIpc) is 2.47. The molecule has 0 aliphatic carbocycles. The van der Waals surface area contributed by atoms with Crippen LogP contribution in [0.3, 0.4) is 0 Å². The second-order valence-corrected chi connectivity index (χ2v) is 3.42. The molecule has 0 unspecified atom stereocenters. The average molecular weight is 230 g/mol. The maximum Gasteiger partial charge on any atom is 0.143 e. The number of hydrogen-bond donors (Lipinski definition) is 1. The molecule has 0 atom stereocenters. The summed E-state index contributed by atoms with van der Waals surface area (Å²) in [5, 5.41) is 0. The second-order valence-electron chi connectivity index (χ2n) is 2.56. The van der Waals surface area contributed by atoms with E-state index in [0.717, 1.165) is 22.2 Å². The molecule has 0 spiro atoms. The highest BCUT2D eigenvalue weighted by Gasteiger charge is 2.03. The lowest BCUT2D eigenvalue weighted by Gasteiger charge is -1.96. The minimum absolute atomic E-state index is 0.676. The molecule has 0 saturated heterocycles. The molecular weight excluding hydrogens is 218 g/mol. The zero-order chi connectivity index (χ0) is 8.97. The lowest BCUT2D eigenvalue weighted by atomic mass is 10.2. The van der Waals surface area contributed by atoms with Crippen LogP contribution >= 0.6 is 15.9 Å². The van der Waals surface area contributed by atoms with Crippen molar-refractivity contribution in [3.63, 3.8) is 0 Å². The normalized spacial score (nSPS) is 12.1. The van der Waals surface area contributed by atoms with Gasteiger partial charge in [0, 0.05) is 0 Å². The van der Waals surface area contributed by atoms with Crippen LogP contribution in [0.1, 0.15) is 19.1 Å². The van der Waals surface area contributed by atoms with Gasteiger partial charge in [0.1, 0.15) is 5.76 Å². The van der Waals surface area contributed by atoms with Gasteiger partial charge in [0.05, 0.1) is 10.7 Å². The summed E-state index contributed by atoms with van der Waals surface area (Å²) >= 11 is 3.39. The molecule has 1 aromatic rings. The van der Waals surface area contributed by atoms with Gasteiger partial charge in [-0.2, -0.15) is 0 Å². The first-order valence-corrected chi connectivity index (χ1v) is 4.65. The highest BCUT2D eigenvalue weighted by molar-refractivity contribution is 9.10. The smallest absolute Gasteiger partial charge is 0.143 e. The Kier molecular flexibility index (Phi) is 3.56. The van der Waals surface area contributed by atoms with Gasteiger partial charge < -0.3 is 10.2 Å². The van der Waals surface area contributed by atoms with Gasteiger partial charge in [-0.05, 0) is 47.5 Å². The van der Waals surface area contributed by atoms with Gasteiger partial charge in [0.15, 0.2) is 0 Å². The van der Waals surface area contributed by atoms with Gasteiger partial charge in [-0.3, -0.25) is 0 Å². The molecule has 1 rings (SSSR count). The van der Waals surface area contributed by atoms with Crippen molar-refractivity contribution in [3.05, 3.63) is 28.6 Å². The van der Waals surface area contributed by atoms with E-state index in [1.165, 1.54) is 0 Å². The van der Waals surface area contributed by atoms with Crippen LogP contribution in [-0.2, 0) is 0 Å². The number of furan rings is 1. The maximum absolute atomic E-state index is 5.38. The summed E-state index contributed by atoms with van der Waals surface area (Å²) in [7, 11) is 0. The molecule has 1 aromatic heterocycles. The predicted molar refractivity (Wildman–Crippen MR) is 53.7 cm³/mol. The standard InChI is InChI=1S/C9H12BrNO/c1-7(3-2-5-11)9-8(10)4-6-12-9/h3-4,6H,2,5,11H2,1H3. The summed E-state index contributed by atoms with van der Waals surface area (Å²) in [6.45, 7) is 2.69. The Labute approximate surface area is 80.6 Å². The molecule has 12 heavy (non-hydrogen) atoms. The highest BCUT2D eigenvalue weighted by atomic mass is 79.9. The van der Waals surface area contributed by atoms with E-state index in [9.17, 15) is 0 Å². The Bertz CT molecular complexity index is 278. The van der Waals surface area contributed by atoms with Crippen LogP contribution in [0.4, 0.5) is 0 Å². The number of hydrogen-bond acceptors (Lipinski definition) is 2. The number of allylic oxidation sites excluding steroid dienone is 1. The summed E-state index contributed by atoms with van der Waals surface area (Å²) < 4.78 is 6.26. The van der Waals surface area contributed by atoms with Crippen molar-refractivity contribution >= 4 is 21.5 Å². The van der Waals surface area contributed by atoms with Crippen molar-refractivity contribution in [2.45, 2.75) is 13.3 Å². The third kappa shape index (κ3) is 2.22. The number of halogens is 1. The zero-order valence-corrected chi connectivity index (χ0v) is 8.60. The van der Waals surface area contributed by atoms with E-state index in [-0.39, 0.29) is 0 Å². The first kappa shape index (κ1) is 9.55. The van der Waals surface area contributed by atoms with Crippen LogP contribution in [0.5, 0.6) is 0 Å². The molecule has 3 heteroatoms.